The summed E-state index contributed by atoms with van der Waals surface area (Å²) in [5, 5.41) is 0. The molecule has 1 aliphatic rings. The minimum Gasteiger partial charge on any atom is -0.496 e. The van der Waals surface area contributed by atoms with Gasteiger partial charge in [0.25, 0.3) is 0 Å². The maximum atomic E-state index is 10.0. The molecule has 0 saturated heterocycles. The largest absolute Gasteiger partial charge is 0.496 e. The molecule has 0 amide bonds. The molecule has 0 unspecified atom stereocenters. The number of carbonyl (C=O) groups excluding carboxylic acids is 1. The van der Waals surface area contributed by atoms with Crippen molar-refractivity contribution in [1.82, 2.24) is 0 Å². The summed E-state index contributed by atoms with van der Waals surface area (Å²) < 4.78 is 10.6. The van der Waals surface area contributed by atoms with E-state index >= 15 is 0 Å². The number of isocyanates is 1. The Morgan fingerprint density at radius 1 is 1.67 bits per heavy atom. The van der Waals surface area contributed by atoms with Crippen LogP contribution in [0.1, 0.15) is 5.56 Å². The molecule has 1 aliphatic heterocycles. The summed E-state index contributed by atoms with van der Waals surface area (Å²) in [5.41, 5.74) is 0.835. The smallest absolute Gasteiger partial charge is 0.235 e. The lowest BCUT2D eigenvalue weighted by molar-refractivity contribution is 0.388. The van der Waals surface area contributed by atoms with Crippen LogP contribution in [0.25, 0.3) is 0 Å². The van der Waals surface area contributed by atoms with E-state index in [-0.39, 0.29) is 6.54 Å². The normalized spacial score (nSPS) is 12.6. The van der Waals surface area contributed by atoms with Crippen LogP contribution in [0.5, 0.6) is 11.5 Å². The number of benzene rings is 1. The Kier molecular flexibility index (Phi) is 2.94. The summed E-state index contributed by atoms with van der Waals surface area (Å²) in [6, 6.07) is 3.76. The van der Waals surface area contributed by atoms with Gasteiger partial charge in [0, 0.05) is 5.56 Å². The van der Waals surface area contributed by atoms with Crippen molar-refractivity contribution in [3.05, 3.63) is 17.7 Å². The second-order valence-electron chi connectivity index (χ2n) is 2.92. The first kappa shape index (κ1) is 10.1. The third-order valence-corrected chi connectivity index (χ3v) is 2.96. The molecule has 0 fully saturated rings. The van der Waals surface area contributed by atoms with E-state index in [1.54, 1.807) is 18.9 Å². The molecule has 15 heavy (non-hydrogen) atoms. The summed E-state index contributed by atoms with van der Waals surface area (Å²) in [6.07, 6.45) is 1.51. The number of aliphatic imine (C=N–C) groups is 1. The molecule has 78 valence electrons. The zero-order valence-corrected chi connectivity index (χ0v) is 8.97. The van der Waals surface area contributed by atoms with Gasteiger partial charge >= 0.3 is 0 Å². The van der Waals surface area contributed by atoms with Crippen LogP contribution in [0, 0.1) is 0 Å². The average Bonchev–Trinajstić information content (AvgIpc) is 2.71. The Hall–Kier alpha value is -1.45. The monoisotopic (exact) mass is 223 g/mol. The zero-order chi connectivity index (χ0) is 10.7. The topological polar surface area (TPSA) is 47.9 Å². The summed E-state index contributed by atoms with van der Waals surface area (Å²) in [5.74, 6) is 2.18. The highest BCUT2D eigenvalue weighted by Crippen LogP contribution is 2.40. The Morgan fingerprint density at radius 3 is 3.27 bits per heavy atom. The van der Waals surface area contributed by atoms with Gasteiger partial charge in [-0.1, -0.05) is 11.8 Å². The second-order valence-corrected chi connectivity index (χ2v) is 3.89. The fourth-order valence-corrected chi connectivity index (χ4v) is 2.16. The summed E-state index contributed by atoms with van der Waals surface area (Å²) in [6.45, 7) is 0.272. The van der Waals surface area contributed by atoms with Crippen molar-refractivity contribution in [3.8, 4) is 11.5 Å². The maximum absolute atomic E-state index is 10.0. The molecule has 0 N–H and O–H groups in total. The van der Waals surface area contributed by atoms with Crippen molar-refractivity contribution in [1.29, 1.82) is 0 Å². The zero-order valence-electron chi connectivity index (χ0n) is 8.15. The van der Waals surface area contributed by atoms with E-state index < -0.39 is 0 Å². The van der Waals surface area contributed by atoms with Gasteiger partial charge < -0.3 is 9.47 Å². The van der Waals surface area contributed by atoms with E-state index in [1.807, 2.05) is 12.1 Å². The highest BCUT2D eigenvalue weighted by atomic mass is 32.2. The molecule has 2 rings (SSSR count). The lowest BCUT2D eigenvalue weighted by Crippen LogP contribution is -1.92. The molecule has 0 aliphatic carbocycles. The fraction of sp³-hybridized carbons (Fsp3) is 0.300. The molecule has 0 spiro atoms. The third kappa shape index (κ3) is 1.98. The molecule has 0 aromatic heterocycles. The number of fused-ring (bicyclic) bond motifs is 1. The summed E-state index contributed by atoms with van der Waals surface area (Å²) >= 11 is 1.62. The van der Waals surface area contributed by atoms with Crippen molar-refractivity contribution in [2.75, 3.05) is 13.0 Å². The van der Waals surface area contributed by atoms with Crippen LogP contribution < -0.4 is 9.47 Å². The number of hydrogen-bond acceptors (Lipinski definition) is 5. The van der Waals surface area contributed by atoms with E-state index in [9.17, 15) is 4.79 Å². The lowest BCUT2D eigenvalue weighted by atomic mass is 10.2. The van der Waals surface area contributed by atoms with Crippen LogP contribution in [0.2, 0.25) is 0 Å². The van der Waals surface area contributed by atoms with Crippen LogP contribution >= 0.6 is 11.8 Å². The molecule has 0 radical (unpaired) electrons. The first-order valence-corrected chi connectivity index (χ1v) is 5.34. The molecule has 1 heterocycles. The lowest BCUT2D eigenvalue weighted by Gasteiger charge is -2.07. The molecule has 0 atom stereocenters. The van der Waals surface area contributed by atoms with E-state index in [4.69, 9.17) is 9.47 Å². The molecular weight excluding hydrogens is 214 g/mol. The van der Waals surface area contributed by atoms with Gasteiger partial charge in [-0.25, -0.2) is 9.79 Å². The second kappa shape index (κ2) is 4.38. The minimum absolute atomic E-state index is 0.272. The number of methoxy groups -OCH3 is 1. The Bertz CT molecular complexity index is 427. The highest BCUT2D eigenvalue weighted by Gasteiger charge is 2.16. The fourth-order valence-electron chi connectivity index (χ4n) is 1.40. The van der Waals surface area contributed by atoms with Crippen molar-refractivity contribution in [2.45, 2.75) is 11.4 Å². The molecular formula is C10H9NO3S. The van der Waals surface area contributed by atoms with Gasteiger partial charge in [0.2, 0.25) is 6.08 Å². The number of hydrogen-bond donors (Lipinski definition) is 0. The van der Waals surface area contributed by atoms with Crippen LogP contribution in [-0.4, -0.2) is 19.1 Å². The van der Waals surface area contributed by atoms with E-state index in [0.29, 0.717) is 5.94 Å². The third-order valence-electron chi connectivity index (χ3n) is 2.09. The Balaban J connectivity index is 2.39. The molecule has 0 bridgehead atoms. The summed E-state index contributed by atoms with van der Waals surface area (Å²) in [4.78, 5) is 14.6. The predicted molar refractivity (Wildman–Crippen MR) is 56.2 cm³/mol. The van der Waals surface area contributed by atoms with Crippen molar-refractivity contribution in [3.63, 3.8) is 0 Å². The number of rotatable bonds is 3. The molecule has 1 aromatic carbocycles. The Morgan fingerprint density at radius 2 is 2.53 bits per heavy atom. The predicted octanol–water partition coefficient (Wildman–Crippen LogP) is 1.97. The van der Waals surface area contributed by atoms with E-state index in [2.05, 4.69) is 4.99 Å². The van der Waals surface area contributed by atoms with Crippen LogP contribution in [0.15, 0.2) is 22.0 Å². The first-order chi connectivity index (χ1) is 7.35. The van der Waals surface area contributed by atoms with Gasteiger partial charge in [-0.3, -0.25) is 0 Å². The number of thioether (sulfide) groups is 1. The minimum atomic E-state index is 0.272. The van der Waals surface area contributed by atoms with Gasteiger partial charge in [-0.15, -0.1) is 0 Å². The maximum Gasteiger partial charge on any atom is 0.235 e. The van der Waals surface area contributed by atoms with Gasteiger partial charge in [-0.05, 0) is 12.1 Å². The van der Waals surface area contributed by atoms with Crippen LogP contribution in [0.4, 0.5) is 0 Å². The van der Waals surface area contributed by atoms with E-state index in [0.717, 1.165) is 22.0 Å². The first-order valence-electron chi connectivity index (χ1n) is 4.35. The van der Waals surface area contributed by atoms with Crippen molar-refractivity contribution < 1.29 is 14.3 Å². The SMILES string of the molecule is COc1cc2c(cc1CN=C=O)OCS2. The van der Waals surface area contributed by atoms with Crippen molar-refractivity contribution >= 4 is 17.8 Å². The number of nitrogens with zero attached hydrogens (tertiary/aromatic N) is 1. The molecule has 0 saturated carbocycles. The van der Waals surface area contributed by atoms with Gasteiger partial charge in [0.1, 0.15) is 17.4 Å². The van der Waals surface area contributed by atoms with Gasteiger partial charge in [-0.2, -0.15) is 0 Å². The summed E-state index contributed by atoms with van der Waals surface area (Å²) in [7, 11) is 1.59. The molecule has 5 heteroatoms. The average molecular weight is 223 g/mol. The van der Waals surface area contributed by atoms with Crippen LogP contribution in [-0.2, 0) is 11.3 Å². The highest BCUT2D eigenvalue weighted by molar-refractivity contribution is 7.99. The number of ether oxygens (including phenoxy) is 2. The van der Waals surface area contributed by atoms with Gasteiger partial charge in [0.05, 0.1) is 18.6 Å². The Labute approximate surface area is 91.3 Å². The quantitative estimate of drug-likeness (QED) is 0.580. The molecule has 4 nitrogen and oxygen atoms in total. The van der Waals surface area contributed by atoms with Crippen molar-refractivity contribution in [2.24, 2.45) is 4.99 Å². The van der Waals surface area contributed by atoms with E-state index in [1.165, 1.54) is 6.08 Å². The molecule has 1 aromatic rings. The standard InChI is InChI=1S/C10H9NO3S/c1-13-8-3-10-9(14-6-15-10)2-7(8)4-11-5-12/h2-3H,4,6H2,1H3. The van der Waals surface area contributed by atoms with Gasteiger partial charge in [0.15, 0.2) is 0 Å². The van der Waals surface area contributed by atoms with Crippen LogP contribution in [0.3, 0.4) is 0 Å².